The zero-order valence-electron chi connectivity index (χ0n) is 12.3. The highest BCUT2D eigenvalue weighted by molar-refractivity contribution is 4.90. The fraction of sp³-hybridized carbons (Fsp3) is 1.00. The van der Waals surface area contributed by atoms with Gasteiger partial charge in [0.2, 0.25) is 0 Å². The molecule has 0 aromatic heterocycles. The van der Waals surface area contributed by atoms with Crippen LogP contribution in [0.2, 0.25) is 0 Å². The molecule has 2 rings (SSSR count). The Labute approximate surface area is 113 Å². The standard InChI is InChI=1S/C16H31NO/c1-3-14-8-4-5-9-15(14)18-16(12-17)10-6-7-13(2)11-16/h13-15H,3-12,17H2,1-2H3. The van der Waals surface area contributed by atoms with Gasteiger partial charge in [0.15, 0.2) is 0 Å². The highest BCUT2D eigenvalue weighted by atomic mass is 16.5. The van der Waals surface area contributed by atoms with Crippen LogP contribution in [0.3, 0.4) is 0 Å². The van der Waals surface area contributed by atoms with Gasteiger partial charge in [-0.05, 0) is 37.5 Å². The van der Waals surface area contributed by atoms with Crippen LogP contribution in [-0.4, -0.2) is 18.2 Å². The normalized spacial score (nSPS) is 41.8. The van der Waals surface area contributed by atoms with E-state index in [9.17, 15) is 0 Å². The molecule has 2 saturated carbocycles. The molecule has 0 radical (unpaired) electrons. The lowest BCUT2D eigenvalue weighted by Gasteiger charge is -2.44. The lowest BCUT2D eigenvalue weighted by atomic mass is 9.77. The van der Waals surface area contributed by atoms with Gasteiger partial charge in [-0.2, -0.15) is 0 Å². The minimum absolute atomic E-state index is 0.00704. The van der Waals surface area contributed by atoms with Gasteiger partial charge < -0.3 is 10.5 Å². The van der Waals surface area contributed by atoms with Crippen molar-refractivity contribution in [2.45, 2.75) is 83.3 Å². The highest BCUT2D eigenvalue weighted by Gasteiger charge is 2.38. The maximum atomic E-state index is 6.62. The van der Waals surface area contributed by atoms with Crippen LogP contribution >= 0.6 is 0 Å². The summed E-state index contributed by atoms with van der Waals surface area (Å²) >= 11 is 0. The minimum atomic E-state index is 0.00704. The second kappa shape index (κ2) is 6.38. The maximum absolute atomic E-state index is 6.62. The van der Waals surface area contributed by atoms with Crippen molar-refractivity contribution in [2.75, 3.05) is 6.54 Å². The van der Waals surface area contributed by atoms with Gasteiger partial charge in [0.05, 0.1) is 11.7 Å². The Kier molecular flexibility index (Phi) is 5.08. The van der Waals surface area contributed by atoms with Crippen LogP contribution < -0.4 is 5.73 Å². The molecule has 18 heavy (non-hydrogen) atoms. The van der Waals surface area contributed by atoms with E-state index < -0.39 is 0 Å². The molecule has 2 aliphatic carbocycles. The van der Waals surface area contributed by atoms with Crippen LogP contribution in [0.25, 0.3) is 0 Å². The first-order chi connectivity index (χ1) is 8.69. The molecule has 2 heteroatoms. The zero-order valence-corrected chi connectivity index (χ0v) is 12.3. The van der Waals surface area contributed by atoms with E-state index in [1.165, 1.54) is 57.8 Å². The molecule has 0 amide bonds. The Morgan fingerprint density at radius 3 is 2.61 bits per heavy atom. The molecule has 4 unspecified atom stereocenters. The Morgan fingerprint density at radius 2 is 1.94 bits per heavy atom. The van der Waals surface area contributed by atoms with E-state index in [1.807, 2.05) is 0 Å². The molecule has 0 aromatic rings. The van der Waals surface area contributed by atoms with Crippen molar-refractivity contribution in [3.05, 3.63) is 0 Å². The average Bonchev–Trinajstić information content (AvgIpc) is 2.39. The van der Waals surface area contributed by atoms with Crippen molar-refractivity contribution in [3.8, 4) is 0 Å². The third-order valence-corrected chi connectivity index (χ3v) is 5.19. The van der Waals surface area contributed by atoms with E-state index in [2.05, 4.69) is 13.8 Å². The van der Waals surface area contributed by atoms with Crippen LogP contribution in [0.5, 0.6) is 0 Å². The summed E-state index contributed by atoms with van der Waals surface area (Å²) in [6.07, 6.45) is 12.1. The van der Waals surface area contributed by atoms with Gasteiger partial charge >= 0.3 is 0 Å². The predicted octanol–water partition coefficient (Wildman–Crippen LogP) is 3.88. The molecular formula is C16H31NO. The van der Waals surface area contributed by atoms with Gasteiger partial charge in [-0.1, -0.05) is 46.0 Å². The van der Waals surface area contributed by atoms with Gasteiger partial charge in [0.1, 0.15) is 0 Å². The Hall–Kier alpha value is -0.0800. The zero-order chi connectivity index (χ0) is 13.0. The van der Waals surface area contributed by atoms with E-state index in [0.29, 0.717) is 12.6 Å². The van der Waals surface area contributed by atoms with Crippen LogP contribution in [0.15, 0.2) is 0 Å². The molecular weight excluding hydrogens is 222 g/mol. The quantitative estimate of drug-likeness (QED) is 0.825. The largest absolute Gasteiger partial charge is 0.370 e. The SMILES string of the molecule is CCC1CCCCC1OC1(CN)CCCC(C)C1. The number of hydrogen-bond donors (Lipinski definition) is 1. The predicted molar refractivity (Wildman–Crippen MR) is 76.5 cm³/mol. The van der Waals surface area contributed by atoms with Gasteiger partial charge in [0, 0.05) is 6.54 Å². The second-order valence-corrected chi connectivity index (χ2v) is 6.70. The van der Waals surface area contributed by atoms with Crippen molar-refractivity contribution in [1.82, 2.24) is 0 Å². The number of rotatable bonds is 4. The lowest BCUT2D eigenvalue weighted by Crippen LogP contribution is -2.48. The second-order valence-electron chi connectivity index (χ2n) is 6.70. The molecule has 2 aliphatic rings. The van der Waals surface area contributed by atoms with Crippen molar-refractivity contribution in [3.63, 3.8) is 0 Å². The molecule has 0 aliphatic heterocycles. The minimum Gasteiger partial charge on any atom is -0.370 e. The molecule has 0 aromatic carbocycles. The summed E-state index contributed by atoms with van der Waals surface area (Å²) in [6.45, 7) is 5.38. The summed E-state index contributed by atoms with van der Waals surface area (Å²) in [4.78, 5) is 0. The van der Waals surface area contributed by atoms with Crippen molar-refractivity contribution in [2.24, 2.45) is 17.6 Å². The van der Waals surface area contributed by atoms with Gasteiger partial charge in [-0.25, -0.2) is 0 Å². The molecule has 0 heterocycles. The fourth-order valence-electron chi connectivity index (χ4n) is 4.07. The summed E-state index contributed by atoms with van der Waals surface area (Å²) in [5.41, 5.74) is 6.09. The van der Waals surface area contributed by atoms with Crippen LogP contribution in [0.4, 0.5) is 0 Å². The first kappa shape index (κ1) is 14.3. The molecule has 0 spiro atoms. The third-order valence-electron chi connectivity index (χ3n) is 5.19. The first-order valence-corrected chi connectivity index (χ1v) is 8.07. The van der Waals surface area contributed by atoms with Crippen molar-refractivity contribution < 1.29 is 4.74 Å². The highest BCUT2D eigenvalue weighted by Crippen LogP contribution is 2.39. The molecule has 2 nitrogen and oxygen atoms in total. The summed E-state index contributed by atoms with van der Waals surface area (Å²) in [6, 6.07) is 0. The van der Waals surface area contributed by atoms with Crippen LogP contribution in [-0.2, 0) is 4.74 Å². The van der Waals surface area contributed by atoms with Crippen molar-refractivity contribution in [1.29, 1.82) is 0 Å². The van der Waals surface area contributed by atoms with E-state index in [0.717, 1.165) is 11.8 Å². The molecule has 2 fully saturated rings. The Balaban J connectivity index is 1.99. The number of nitrogens with two attached hydrogens (primary N) is 1. The monoisotopic (exact) mass is 253 g/mol. The smallest absolute Gasteiger partial charge is 0.0810 e. The summed E-state index contributed by atoms with van der Waals surface area (Å²) in [5, 5.41) is 0. The van der Waals surface area contributed by atoms with Crippen LogP contribution in [0, 0.1) is 11.8 Å². The lowest BCUT2D eigenvalue weighted by molar-refractivity contribution is -0.144. The van der Waals surface area contributed by atoms with Crippen molar-refractivity contribution >= 4 is 0 Å². The molecule has 4 atom stereocenters. The average molecular weight is 253 g/mol. The van der Waals surface area contributed by atoms with E-state index in [4.69, 9.17) is 10.5 Å². The van der Waals surface area contributed by atoms with Crippen LogP contribution in [0.1, 0.15) is 71.6 Å². The summed E-state index contributed by atoms with van der Waals surface area (Å²) in [7, 11) is 0. The molecule has 0 saturated heterocycles. The molecule has 0 bridgehead atoms. The first-order valence-electron chi connectivity index (χ1n) is 8.07. The van der Waals surface area contributed by atoms with Gasteiger partial charge in [0.25, 0.3) is 0 Å². The topological polar surface area (TPSA) is 35.2 Å². The number of hydrogen-bond acceptors (Lipinski definition) is 2. The Bertz CT molecular complexity index is 255. The van der Waals surface area contributed by atoms with Gasteiger partial charge in [-0.3, -0.25) is 0 Å². The third kappa shape index (κ3) is 3.27. The van der Waals surface area contributed by atoms with E-state index >= 15 is 0 Å². The maximum Gasteiger partial charge on any atom is 0.0810 e. The van der Waals surface area contributed by atoms with E-state index in [-0.39, 0.29) is 5.60 Å². The summed E-state index contributed by atoms with van der Waals surface area (Å²) < 4.78 is 6.62. The Morgan fingerprint density at radius 1 is 1.17 bits per heavy atom. The number of ether oxygens (including phenoxy) is 1. The molecule has 106 valence electrons. The summed E-state index contributed by atoms with van der Waals surface area (Å²) in [5.74, 6) is 1.56. The van der Waals surface area contributed by atoms with E-state index in [1.54, 1.807) is 0 Å². The van der Waals surface area contributed by atoms with Gasteiger partial charge in [-0.15, -0.1) is 0 Å². The molecule has 2 N–H and O–H groups in total. The fourth-order valence-corrected chi connectivity index (χ4v) is 4.07.